The smallest absolute Gasteiger partial charge is 0.317 e. The summed E-state index contributed by atoms with van der Waals surface area (Å²) in [7, 11) is 6.47. The maximum absolute atomic E-state index is 9.16. The maximum atomic E-state index is 9.16. The lowest BCUT2D eigenvalue weighted by Gasteiger charge is -1.96. The second-order valence-corrected chi connectivity index (χ2v) is 6.62. The van der Waals surface area contributed by atoms with Crippen LogP contribution >= 0.6 is 37.3 Å². The predicted octanol–water partition coefficient (Wildman–Crippen LogP) is 3.17. The molecule has 0 radical (unpaired) electrons. The summed E-state index contributed by atoms with van der Waals surface area (Å²) in [6, 6.07) is 7.70. The first kappa shape index (κ1) is 14.0. The molecular weight excluding hydrogens is 315 g/mol. The van der Waals surface area contributed by atoms with Crippen LogP contribution in [0.1, 0.15) is 0 Å². The highest BCUT2D eigenvalue weighted by molar-refractivity contribution is 9.10. The van der Waals surface area contributed by atoms with Crippen LogP contribution in [0.3, 0.4) is 0 Å². The van der Waals surface area contributed by atoms with Gasteiger partial charge < -0.3 is 4.74 Å². The summed E-state index contributed by atoms with van der Waals surface area (Å²) in [5.41, 5.74) is 0. The maximum Gasteiger partial charge on any atom is 0.317 e. The van der Waals surface area contributed by atoms with Crippen molar-refractivity contribution < 1.29 is 13.2 Å². The van der Waals surface area contributed by atoms with E-state index in [-0.39, 0.29) is 0 Å². The normalized spacial score (nSPS) is 10.0. The van der Waals surface area contributed by atoms with Gasteiger partial charge in [-0.1, -0.05) is 15.9 Å². The quantitative estimate of drug-likeness (QED) is 0.746. The summed E-state index contributed by atoms with van der Waals surface area (Å²) in [5.74, 6) is 0.887. The lowest BCUT2D eigenvalue weighted by molar-refractivity contribution is 0.414. The van der Waals surface area contributed by atoms with Crippen molar-refractivity contribution in [1.82, 2.24) is 0 Å². The van der Waals surface area contributed by atoms with Crippen LogP contribution in [-0.2, 0) is 8.26 Å². The minimum Gasteiger partial charge on any atom is -0.497 e. The lowest BCUT2D eigenvalue weighted by atomic mass is 10.3. The van der Waals surface area contributed by atoms with Crippen molar-refractivity contribution in [3.63, 3.8) is 0 Å². The van der Waals surface area contributed by atoms with Gasteiger partial charge in [0.05, 0.1) is 7.11 Å². The molecule has 0 heterocycles. The van der Waals surface area contributed by atoms with Crippen LogP contribution < -0.4 is 4.74 Å². The molecule has 0 bridgehead atoms. The lowest BCUT2D eigenvalue weighted by Crippen LogP contribution is -1.79. The predicted molar refractivity (Wildman–Crippen MR) is 61.3 cm³/mol. The Kier molecular flexibility index (Phi) is 6.52. The molecular formula is C7H7BrCl2O3S. The zero-order chi connectivity index (χ0) is 11.2. The monoisotopic (exact) mass is 320 g/mol. The molecule has 0 atom stereocenters. The number of methoxy groups -OCH3 is 1. The highest BCUT2D eigenvalue weighted by atomic mass is 79.9. The van der Waals surface area contributed by atoms with Crippen LogP contribution in [-0.4, -0.2) is 15.5 Å². The van der Waals surface area contributed by atoms with Crippen molar-refractivity contribution in [2.45, 2.75) is 0 Å². The molecule has 1 aromatic carbocycles. The first-order chi connectivity index (χ1) is 6.33. The molecule has 1 rings (SSSR count). The minimum atomic E-state index is -3.72. The fourth-order valence-electron chi connectivity index (χ4n) is 0.571. The van der Waals surface area contributed by atoms with Gasteiger partial charge in [-0.3, -0.25) is 0 Å². The van der Waals surface area contributed by atoms with Crippen molar-refractivity contribution in [2.75, 3.05) is 7.11 Å². The van der Waals surface area contributed by atoms with E-state index < -0.39 is 8.26 Å². The van der Waals surface area contributed by atoms with E-state index >= 15 is 0 Å². The SMILES string of the molecule is COc1ccc(Br)cc1.O=S(=O)(Cl)Cl. The summed E-state index contributed by atoms with van der Waals surface area (Å²) in [5, 5.41) is 0. The Bertz CT molecular complexity index is 355. The molecule has 1 aromatic rings. The Balaban J connectivity index is 0.000000292. The molecule has 0 amide bonds. The van der Waals surface area contributed by atoms with Gasteiger partial charge in [0.1, 0.15) is 5.75 Å². The van der Waals surface area contributed by atoms with Crippen LogP contribution in [0.5, 0.6) is 5.75 Å². The second kappa shape index (κ2) is 6.50. The van der Waals surface area contributed by atoms with Crippen LogP contribution in [0.4, 0.5) is 0 Å². The average Bonchev–Trinajstić information content (AvgIpc) is 2.03. The molecule has 0 unspecified atom stereocenters. The molecule has 3 nitrogen and oxygen atoms in total. The largest absolute Gasteiger partial charge is 0.497 e. The molecule has 0 N–H and O–H groups in total. The van der Waals surface area contributed by atoms with E-state index in [1.165, 1.54) is 0 Å². The Morgan fingerprint density at radius 1 is 1.21 bits per heavy atom. The van der Waals surface area contributed by atoms with E-state index in [4.69, 9.17) is 13.2 Å². The first-order valence-corrected chi connectivity index (χ1v) is 7.19. The van der Waals surface area contributed by atoms with Crippen molar-refractivity contribution in [3.05, 3.63) is 28.7 Å². The van der Waals surface area contributed by atoms with Crippen LogP contribution in [0.2, 0.25) is 0 Å². The molecule has 7 heteroatoms. The van der Waals surface area contributed by atoms with Gasteiger partial charge in [0, 0.05) is 25.8 Å². The Hall–Kier alpha value is 0.0300. The van der Waals surface area contributed by atoms with Gasteiger partial charge in [-0.15, -0.1) is 0 Å². The fourth-order valence-corrected chi connectivity index (χ4v) is 0.835. The third-order valence-corrected chi connectivity index (χ3v) is 1.58. The third-order valence-electron chi connectivity index (χ3n) is 1.05. The van der Waals surface area contributed by atoms with Crippen LogP contribution in [0.25, 0.3) is 0 Å². The fraction of sp³-hybridized carbons (Fsp3) is 0.143. The molecule has 0 aliphatic heterocycles. The highest BCUT2D eigenvalue weighted by Gasteiger charge is 1.88. The van der Waals surface area contributed by atoms with E-state index in [0.29, 0.717) is 0 Å². The minimum absolute atomic E-state index is 0.887. The van der Waals surface area contributed by atoms with Crippen LogP contribution in [0.15, 0.2) is 28.7 Å². The zero-order valence-corrected chi connectivity index (χ0v) is 11.0. The third kappa shape index (κ3) is 10.1. The number of benzene rings is 1. The summed E-state index contributed by atoms with van der Waals surface area (Å²) in [6.45, 7) is 0. The Labute approximate surface area is 100 Å². The van der Waals surface area contributed by atoms with Gasteiger partial charge in [-0.2, -0.15) is 8.42 Å². The van der Waals surface area contributed by atoms with Crippen molar-refractivity contribution in [2.24, 2.45) is 0 Å². The van der Waals surface area contributed by atoms with E-state index in [1.807, 2.05) is 24.3 Å². The summed E-state index contributed by atoms with van der Waals surface area (Å²) in [6.07, 6.45) is 0. The van der Waals surface area contributed by atoms with Gasteiger partial charge in [0.2, 0.25) is 0 Å². The molecule has 14 heavy (non-hydrogen) atoms. The molecule has 0 aliphatic carbocycles. The van der Waals surface area contributed by atoms with Crippen molar-refractivity contribution in [3.8, 4) is 5.75 Å². The Morgan fingerprint density at radius 3 is 1.86 bits per heavy atom. The summed E-state index contributed by atoms with van der Waals surface area (Å²) < 4.78 is 24.3. The number of hydrogen-bond donors (Lipinski definition) is 0. The summed E-state index contributed by atoms with van der Waals surface area (Å²) >= 11 is 3.32. The molecule has 0 aromatic heterocycles. The molecule has 0 aliphatic rings. The highest BCUT2D eigenvalue weighted by Crippen LogP contribution is 2.14. The molecule has 0 fully saturated rings. The topological polar surface area (TPSA) is 43.4 Å². The number of ether oxygens (including phenoxy) is 1. The molecule has 0 spiro atoms. The van der Waals surface area contributed by atoms with E-state index in [0.717, 1.165) is 10.2 Å². The van der Waals surface area contributed by atoms with E-state index in [1.54, 1.807) is 7.11 Å². The second-order valence-electron chi connectivity index (χ2n) is 2.04. The van der Waals surface area contributed by atoms with Gasteiger partial charge >= 0.3 is 8.26 Å². The molecule has 0 saturated carbocycles. The van der Waals surface area contributed by atoms with Gasteiger partial charge in [-0.05, 0) is 24.3 Å². The standard InChI is InChI=1S/C7H7BrO.Cl2O2S/c1-9-7-4-2-6(8)3-5-7;1-5(2,3)4/h2-5H,1H3;. The molecule has 0 saturated heterocycles. The van der Waals surface area contributed by atoms with Crippen molar-refractivity contribution in [1.29, 1.82) is 0 Å². The van der Waals surface area contributed by atoms with E-state index in [9.17, 15) is 0 Å². The summed E-state index contributed by atoms with van der Waals surface area (Å²) in [4.78, 5) is 0. The number of rotatable bonds is 1. The van der Waals surface area contributed by atoms with Gasteiger partial charge in [-0.25, -0.2) is 0 Å². The first-order valence-electron chi connectivity index (χ1n) is 3.26. The number of hydrogen-bond acceptors (Lipinski definition) is 3. The van der Waals surface area contributed by atoms with Gasteiger partial charge in [0.15, 0.2) is 0 Å². The van der Waals surface area contributed by atoms with Crippen LogP contribution in [0, 0.1) is 0 Å². The molecule has 80 valence electrons. The van der Waals surface area contributed by atoms with Gasteiger partial charge in [0.25, 0.3) is 0 Å². The average molecular weight is 322 g/mol. The number of halogens is 3. The van der Waals surface area contributed by atoms with E-state index in [2.05, 4.69) is 37.3 Å². The Morgan fingerprint density at radius 2 is 1.57 bits per heavy atom. The van der Waals surface area contributed by atoms with Crippen molar-refractivity contribution >= 4 is 45.6 Å². The zero-order valence-electron chi connectivity index (χ0n) is 7.08.